The van der Waals surface area contributed by atoms with Crippen molar-refractivity contribution in [2.75, 3.05) is 0 Å². The Morgan fingerprint density at radius 1 is 0.162 bits per heavy atom. The highest BCUT2D eigenvalue weighted by Gasteiger charge is 1.92. The summed E-state index contributed by atoms with van der Waals surface area (Å²) in [5, 5.41) is 0. The van der Waals surface area contributed by atoms with Crippen molar-refractivity contribution in [3.8, 4) is 0 Å². The second-order valence-electron chi connectivity index (χ2n) is 20.6. The molecule has 0 bridgehead atoms. The van der Waals surface area contributed by atoms with Crippen LogP contribution in [0.3, 0.4) is 0 Å². The molecule has 68 heavy (non-hydrogen) atoms. The van der Waals surface area contributed by atoms with Gasteiger partial charge in [-0.15, -0.1) is 0 Å². The maximum absolute atomic E-state index is 2.27. The summed E-state index contributed by atoms with van der Waals surface area (Å²) >= 11 is 0. The van der Waals surface area contributed by atoms with E-state index in [0.717, 1.165) is 6.42 Å². The minimum absolute atomic E-state index is 1.14. The Hall–Kier alpha value is -0.780. The van der Waals surface area contributed by atoms with Crippen LogP contribution in [-0.2, 0) is 6.42 Å². The first kappa shape index (κ1) is 78.6. The molecule has 0 saturated heterocycles. The molecule has 1 aromatic rings. The Bertz CT molecular complexity index is 623. The average Bonchev–Trinajstić information content (AvgIpc) is 3.37. The van der Waals surface area contributed by atoms with E-state index in [1.54, 1.807) is 0 Å². The summed E-state index contributed by atoms with van der Waals surface area (Å²) in [7, 11) is 0. The summed E-state index contributed by atoms with van der Waals surface area (Å²) in [6, 6.07) is 10.5. The zero-order valence-corrected chi connectivity index (χ0v) is 51.0. The molecule has 0 amide bonds. The van der Waals surface area contributed by atoms with Gasteiger partial charge in [0.15, 0.2) is 0 Å². The standard InChI is InChI=1S/6C10H22.C8H10/c6*1-3-5-7-9-10-8-6-4-2;1-2-8-6-4-3-5-7-8/h6*3-10H2,1-2H3;3-7H,2H2,1H3. The molecule has 0 N–H and O–H groups in total. The van der Waals surface area contributed by atoms with E-state index in [1.807, 2.05) is 6.07 Å². The molecule has 0 saturated carbocycles. The van der Waals surface area contributed by atoms with E-state index >= 15 is 0 Å². The molecule has 1 rings (SSSR count). The lowest BCUT2D eigenvalue weighted by molar-refractivity contribution is 0.585. The number of hydrogen-bond donors (Lipinski definition) is 0. The molecular formula is C68H142. The van der Waals surface area contributed by atoms with Crippen LogP contribution < -0.4 is 0 Å². The largest absolute Gasteiger partial charge is 0.0654 e. The van der Waals surface area contributed by atoms with Crippen LogP contribution in [0.2, 0.25) is 0 Å². The Morgan fingerprint density at radius 2 is 0.279 bits per heavy atom. The summed E-state index contributed by atoms with van der Waals surface area (Å²) in [4.78, 5) is 0. The fourth-order valence-electron chi connectivity index (χ4n) is 7.96. The third-order valence-electron chi connectivity index (χ3n) is 13.0. The fraction of sp³-hybridized carbons (Fsp3) is 0.912. The monoisotopic (exact) mass is 959 g/mol. The minimum atomic E-state index is 1.14. The molecule has 1 aromatic carbocycles. The third-order valence-corrected chi connectivity index (χ3v) is 13.0. The summed E-state index contributed by atoms with van der Waals surface area (Å²) < 4.78 is 0. The van der Waals surface area contributed by atoms with Gasteiger partial charge < -0.3 is 0 Å². The van der Waals surface area contributed by atoms with Crippen LogP contribution in [0.4, 0.5) is 0 Å². The topological polar surface area (TPSA) is 0 Å². The van der Waals surface area contributed by atoms with E-state index in [-0.39, 0.29) is 0 Å². The van der Waals surface area contributed by atoms with Gasteiger partial charge in [-0.2, -0.15) is 0 Å². The highest BCUT2D eigenvalue weighted by Crippen LogP contribution is 2.12. The van der Waals surface area contributed by atoms with Gasteiger partial charge in [-0.25, -0.2) is 0 Å². The van der Waals surface area contributed by atoms with E-state index in [9.17, 15) is 0 Å². The number of rotatable bonds is 43. The molecule has 0 fully saturated rings. The molecule has 0 heteroatoms. The number of hydrogen-bond acceptors (Lipinski definition) is 0. The van der Waals surface area contributed by atoms with E-state index in [4.69, 9.17) is 0 Å². The van der Waals surface area contributed by atoms with Gasteiger partial charge in [-0.3, -0.25) is 0 Å². The molecule has 0 unspecified atom stereocenters. The fourth-order valence-corrected chi connectivity index (χ4v) is 7.96. The first-order chi connectivity index (χ1) is 33.4. The first-order valence-corrected chi connectivity index (χ1v) is 32.5. The van der Waals surface area contributed by atoms with Crippen LogP contribution in [0, 0.1) is 0 Å². The van der Waals surface area contributed by atoms with Crippen molar-refractivity contribution in [3.63, 3.8) is 0 Å². The molecule has 0 radical (unpaired) electrons. The van der Waals surface area contributed by atoms with Crippen LogP contribution in [0.15, 0.2) is 30.3 Å². The third kappa shape index (κ3) is 103. The molecule has 0 atom stereocenters. The normalized spacial score (nSPS) is 10.1. The highest BCUT2D eigenvalue weighted by atomic mass is 14.0. The summed E-state index contributed by atoms with van der Waals surface area (Å²) in [5.74, 6) is 0. The Labute approximate surface area is 438 Å². The van der Waals surface area contributed by atoms with Gasteiger partial charge in [0.2, 0.25) is 0 Å². The average molecular weight is 960 g/mol. The molecule has 0 nitrogen and oxygen atoms in total. The summed E-state index contributed by atoms with van der Waals surface area (Å²) in [6.45, 7) is 29.4. The van der Waals surface area contributed by atoms with Crippen LogP contribution in [-0.4, -0.2) is 0 Å². The van der Waals surface area contributed by atoms with Crippen LogP contribution in [0.5, 0.6) is 0 Å². The summed E-state index contributed by atoms with van der Waals surface area (Å²) in [6.07, 6.45) is 69.9. The molecule has 0 aliphatic heterocycles. The molecular weight excluding hydrogens is 817 g/mol. The minimum Gasteiger partial charge on any atom is -0.0654 e. The lowest BCUT2D eigenvalue weighted by Gasteiger charge is -1.97. The highest BCUT2D eigenvalue weighted by molar-refractivity contribution is 5.13. The Kier molecular flexibility index (Phi) is 103. The van der Waals surface area contributed by atoms with E-state index < -0.39 is 0 Å². The van der Waals surface area contributed by atoms with E-state index in [0.29, 0.717) is 0 Å². The van der Waals surface area contributed by atoms with Crippen molar-refractivity contribution in [1.82, 2.24) is 0 Å². The smallest absolute Gasteiger partial charge is 0.0307 e. The molecule has 0 aromatic heterocycles. The van der Waals surface area contributed by atoms with Crippen molar-refractivity contribution >= 4 is 0 Å². The lowest BCUT2D eigenvalue weighted by atomic mass is 10.1. The second-order valence-corrected chi connectivity index (χ2v) is 20.6. The van der Waals surface area contributed by atoms with Crippen LogP contribution in [0.25, 0.3) is 0 Å². The lowest BCUT2D eigenvalue weighted by Crippen LogP contribution is -1.77. The summed E-state index contributed by atoms with van der Waals surface area (Å²) in [5.41, 5.74) is 1.41. The zero-order valence-electron chi connectivity index (χ0n) is 51.0. The predicted octanol–water partition coefficient (Wildman–Crippen LogP) is 27.1. The van der Waals surface area contributed by atoms with Crippen LogP contribution in [0.1, 0.15) is 404 Å². The maximum atomic E-state index is 2.27. The van der Waals surface area contributed by atoms with Crippen molar-refractivity contribution in [2.24, 2.45) is 0 Å². The molecule has 0 spiro atoms. The Balaban J connectivity index is -0.000000165. The predicted molar refractivity (Wildman–Crippen MR) is 326 cm³/mol. The van der Waals surface area contributed by atoms with Gasteiger partial charge in [0.1, 0.15) is 0 Å². The maximum Gasteiger partial charge on any atom is -0.0307 e. The molecule has 0 heterocycles. The van der Waals surface area contributed by atoms with Gasteiger partial charge in [0, 0.05) is 0 Å². The van der Waals surface area contributed by atoms with Gasteiger partial charge in [0.05, 0.1) is 0 Å². The second kappa shape index (κ2) is 89.1. The van der Waals surface area contributed by atoms with Crippen molar-refractivity contribution in [1.29, 1.82) is 0 Å². The van der Waals surface area contributed by atoms with Gasteiger partial charge in [-0.05, 0) is 12.0 Å². The van der Waals surface area contributed by atoms with Gasteiger partial charge in [-0.1, -0.05) is 429 Å². The molecule has 0 aliphatic rings. The van der Waals surface area contributed by atoms with Crippen LogP contribution >= 0.6 is 0 Å². The van der Waals surface area contributed by atoms with Gasteiger partial charge in [0.25, 0.3) is 0 Å². The van der Waals surface area contributed by atoms with E-state index in [2.05, 4.69) is 114 Å². The van der Waals surface area contributed by atoms with Crippen molar-refractivity contribution < 1.29 is 0 Å². The zero-order chi connectivity index (χ0) is 51.8. The Morgan fingerprint density at radius 3 is 0.368 bits per heavy atom. The SMILES string of the molecule is CCCCCCCCCC.CCCCCCCCCC.CCCCCCCCCC.CCCCCCCCCC.CCCCCCCCCC.CCCCCCCCCC.CCc1ccccc1. The molecule has 0 aliphatic carbocycles. The quantitative estimate of drug-likeness (QED) is 0.0572. The van der Waals surface area contributed by atoms with Crippen molar-refractivity contribution in [2.45, 2.75) is 405 Å². The number of benzene rings is 1. The number of aryl methyl sites for hydroxylation is 1. The molecule has 414 valence electrons. The first-order valence-electron chi connectivity index (χ1n) is 32.5. The number of unbranched alkanes of at least 4 members (excludes halogenated alkanes) is 42. The van der Waals surface area contributed by atoms with E-state index in [1.165, 1.54) is 314 Å². The van der Waals surface area contributed by atoms with Crippen molar-refractivity contribution in [3.05, 3.63) is 35.9 Å². The van der Waals surface area contributed by atoms with Gasteiger partial charge >= 0.3 is 0 Å².